The predicted molar refractivity (Wildman–Crippen MR) is 35.9 cm³/mol. The Morgan fingerprint density at radius 2 is 2.12 bits per heavy atom. The molecule has 0 aromatic heterocycles. The molecule has 1 heteroatoms. The fourth-order valence-electron chi connectivity index (χ4n) is 1.36. The molecule has 0 saturated heterocycles. The van der Waals surface area contributed by atoms with E-state index in [1.807, 2.05) is 0 Å². The minimum absolute atomic E-state index is 0.856. The molecule has 8 heavy (non-hydrogen) atoms. The maximum absolute atomic E-state index is 3.41. The molecule has 0 aromatic rings. The Bertz CT molecular complexity index is 62.0. The minimum Gasteiger partial charge on any atom is -0.314 e. The van der Waals surface area contributed by atoms with Gasteiger partial charge in [-0.25, -0.2) is 0 Å². The summed E-state index contributed by atoms with van der Waals surface area (Å²) in [7, 11) is 0. The molecule has 0 spiro atoms. The van der Waals surface area contributed by atoms with Crippen LogP contribution in [0.5, 0.6) is 0 Å². The van der Waals surface area contributed by atoms with Gasteiger partial charge >= 0.3 is 0 Å². The molecule has 1 aliphatic rings. The van der Waals surface area contributed by atoms with Crippen molar-refractivity contribution in [3.05, 3.63) is 0 Å². The van der Waals surface area contributed by atoms with Crippen molar-refractivity contribution < 1.29 is 0 Å². The molecule has 0 aromatic carbocycles. The first-order valence-corrected chi connectivity index (χ1v) is 3.56. The van der Waals surface area contributed by atoms with Gasteiger partial charge in [-0.3, -0.25) is 0 Å². The molecule has 0 radical (unpaired) electrons. The molecule has 1 nitrogen and oxygen atoms in total. The van der Waals surface area contributed by atoms with Crippen LogP contribution in [0.15, 0.2) is 0 Å². The molecule has 1 saturated carbocycles. The van der Waals surface area contributed by atoms with Crippen LogP contribution in [0.1, 0.15) is 26.7 Å². The van der Waals surface area contributed by atoms with E-state index in [9.17, 15) is 0 Å². The number of hydrogen-bond donors (Lipinski definition) is 1. The number of rotatable bonds is 2. The van der Waals surface area contributed by atoms with Crippen molar-refractivity contribution >= 4 is 0 Å². The van der Waals surface area contributed by atoms with Gasteiger partial charge in [-0.05, 0) is 25.3 Å². The molecule has 0 unspecified atom stereocenters. The first-order chi connectivity index (χ1) is 3.83. The van der Waals surface area contributed by atoms with E-state index in [1.165, 1.54) is 12.8 Å². The molecule has 0 aliphatic heterocycles. The third-order valence-corrected chi connectivity index (χ3v) is 1.87. The maximum atomic E-state index is 3.41. The summed E-state index contributed by atoms with van der Waals surface area (Å²) in [5.74, 6) is 0.985. The van der Waals surface area contributed by atoms with Gasteiger partial charge in [-0.15, -0.1) is 0 Å². The van der Waals surface area contributed by atoms with Crippen molar-refractivity contribution in [1.82, 2.24) is 5.32 Å². The average Bonchev–Trinajstić information content (AvgIpc) is 1.64. The highest BCUT2D eigenvalue weighted by atomic mass is 14.9. The molecule has 1 N–H and O–H groups in total. The van der Waals surface area contributed by atoms with E-state index >= 15 is 0 Å². The van der Waals surface area contributed by atoms with E-state index in [4.69, 9.17) is 0 Å². The highest BCUT2D eigenvalue weighted by Crippen LogP contribution is 2.25. The normalized spacial score (nSPS) is 36.8. The average molecular weight is 113 g/mol. The second-order valence-electron chi connectivity index (χ2n) is 2.83. The van der Waals surface area contributed by atoms with Crippen molar-refractivity contribution in [2.24, 2.45) is 5.92 Å². The van der Waals surface area contributed by atoms with Crippen molar-refractivity contribution in [2.75, 3.05) is 6.54 Å². The van der Waals surface area contributed by atoms with Crippen LogP contribution >= 0.6 is 0 Å². The van der Waals surface area contributed by atoms with E-state index in [1.54, 1.807) is 0 Å². The van der Waals surface area contributed by atoms with E-state index in [0.29, 0.717) is 0 Å². The predicted octanol–water partition coefficient (Wildman–Crippen LogP) is 1.39. The van der Waals surface area contributed by atoms with Crippen LogP contribution in [0.4, 0.5) is 0 Å². The molecule has 0 atom stereocenters. The van der Waals surface area contributed by atoms with E-state index in [2.05, 4.69) is 19.2 Å². The van der Waals surface area contributed by atoms with Gasteiger partial charge in [-0.1, -0.05) is 13.8 Å². The third kappa shape index (κ3) is 1.22. The monoisotopic (exact) mass is 113 g/mol. The maximum Gasteiger partial charge on any atom is 0.00720 e. The molecular formula is C7H15N. The summed E-state index contributed by atoms with van der Waals surface area (Å²) in [6.07, 6.45) is 2.79. The van der Waals surface area contributed by atoms with E-state index in [0.717, 1.165) is 18.5 Å². The SMILES string of the molecule is CCN[C@H]1C[C@@H](C)C1. The lowest BCUT2D eigenvalue weighted by atomic mass is 9.82. The van der Waals surface area contributed by atoms with Gasteiger partial charge in [0.05, 0.1) is 0 Å². The first-order valence-electron chi connectivity index (χ1n) is 3.56. The smallest absolute Gasteiger partial charge is 0.00720 e. The Labute approximate surface area is 51.5 Å². The summed E-state index contributed by atoms with van der Waals surface area (Å²) in [6.45, 7) is 5.62. The summed E-state index contributed by atoms with van der Waals surface area (Å²) in [5.41, 5.74) is 0. The van der Waals surface area contributed by atoms with Crippen LogP contribution in [0.3, 0.4) is 0 Å². The Morgan fingerprint density at radius 3 is 2.50 bits per heavy atom. The van der Waals surface area contributed by atoms with Crippen LogP contribution in [-0.4, -0.2) is 12.6 Å². The zero-order chi connectivity index (χ0) is 5.98. The van der Waals surface area contributed by atoms with Crippen molar-refractivity contribution in [3.63, 3.8) is 0 Å². The summed E-state index contributed by atoms with van der Waals surface area (Å²) >= 11 is 0. The number of nitrogens with one attached hydrogen (secondary N) is 1. The van der Waals surface area contributed by atoms with Crippen LogP contribution in [-0.2, 0) is 0 Å². The van der Waals surface area contributed by atoms with E-state index < -0.39 is 0 Å². The van der Waals surface area contributed by atoms with Crippen molar-refractivity contribution in [1.29, 1.82) is 0 Å². The topological polar surface area (TPSA) is 12.0 Å². The van der Waals surface area contributed by atoms with Crippen LogP contribution in [0.25, 0.3) is 0 Å². The molecule has 0 heterocycles. The third-order valence-electron chi connectivity index (χ3n) is 1.87. The molecule has 0 amide bonds. The lowest BCUT2D eigenvalue weighted by molar-refractivity contribution is 0.245. The fourth-order valence-corrected chi connectivity index (χ4v) is 1.36. The molecule has 0 bridgehead atoms. The number of hydrogen-bond acceptors (Lipinski definition) is 1. The first kappa shape index (κ1) is 6.09. The van der Waals surface area contributed by atoms with Crippen LogP contribution < -0.4 is 5.32 Å². The summed E-state index contributed by atoms with van der Waals surface area (Å²) in [5, 5.41) is 3.41. The van der Waals surface area contributed by atoms with Gasteiger partial charge in [0.15, 0.2) is 0 Å². The highest BCUT2D eigenvalue weighted by molar-refractivity contribution is 4.81. The van der Waals surface area contributed by atoms with Gasteiger partial charge in [-0.2, -0.15) is 0 Å². The Hall–Kier alpha value is -0.0400. The second kappa shape index (κ2) is 2.49. The summed E-state index contributed by atoms with van der Waals surface area (Å²) in [4.78, 5) is 0. The molecule has 1 aliphatic carbocycles. The summed E-state index contributed by atoms with van der Waals surface area (Å²) in [6, 6.07) is 0.856. The van der Waals surface area contributed by atoms with E-state index in [-0.39, 0.29) is 0 Å². The zero-order valence-electron chi connectivity index (χ0n) is 5.78. The Balaban J connectivity index is 1.98. The minimum atomic E-state index is 0.856. The second-order valence-corrected chi connectivity index (χ2v) is 2.83. The molecule has 1 fully saturated rings. The molecule has 48 valence electrons. The van der Waals surface area contributed by atoms with Gasteiger partial charge in [0.1, 0.15) is 0 Å². The van der Waals surface area contributed by atoms with Crippen LogP contribution in [0.2, 0.25) is 0 Å². The lowest BCUT2D eigenvalue weighted by Crippen LogP contribution is -2.39. The largest absolute Gasteiger partial charge is 0.314 e. The molecule has 1 rings (SSSR count). The van der Waals surface area contributed by atoms with Gasteiger partial charge in [0, 0.05) is 6.04 Å². The quantitative estimate of drug-likeness (QED) is 0.570. The van der Waals surface area contributed by atoms with Crippen molar-refractivity contribution in [3.8, 4) is 0 Å². The fraction of sp³-hybridized carbons (Fsp3) is 1.00. The van der Waals surface area contributed by atoms with Gasteiger partial charge < -0.3 is 5.32 Å². The zero-order valence-corrected chi connectivity index (χ0v) is 5.78. The Kier molecular flexibility index (Phi) is 1.90. The Morgan fingerprint density at radius 1 is 1.50 bits per heavy atom. The summed E-state index contributed by atoms with van der Waals surface area (Å²) < 4.78 is 0. The molecular weight excluding hydrogens is 98.1 g/mol. The highest BCUT2D eigenvalue weighted by Gasteiger charge is 2.23. The lowest BCUT2D eigenvalue weighted by Gasteiger charge is -2.33. The van der Waals surface area contributed by atoms with Crippen molar-refractivity contribution in [2.45, 2.75) is 32.7 Å². The standard InChI is InChI=1S/C7H15N/c1-3-8-7-4-6(2)5-7/h6-8H,3-5H2,1-2H3/t6-,7+. The van der Waals surface area contributed by atoms with Crippen LogP contribution in [0, 0.1) is 5.92 Å². The van der Waals surface area contributed by atoms with Gasteiger partial charge in [0.2, 0.25) is 0 Å². The van der Waals surface area contributed by atoms with Gasteiger partial charge in [0.25, 0.3) is 0 Å².